The minimum atomic E-state index is -0.128. The van der Waals surface area contributed by atoms with Gasteiger partial charge in [0.05, 0.1) is 12.7 Å². The molecule has 3 aromatic carbocycles. The summed E-state index contributed by atoms with van der Waals surface area (Å²) >= 11 is 2.19. The standard InChI is InChI=1S/C21H18INO3/c1-14-6-5-7-17(20(14)22)21(24)23-15-10-12-16(13-11-15)26-19-9-4-3-8-18(19)25-2/h3-13H,1-2H3,(H,23,24). The highest BCUT2D eigenvalue weighted by Crippen LogP contribution is 2.31. The van der Waals surface area contributed by atoms with Crippen LogP contribution in [0.5, 0.6) is 17.2 Å². The zero-order valence-electron chi connectivity index (χ0n) is 14.5. The lowest BCUT2D eigenvalue weighted by Gasteiger charge is -2.11. The van der Waals surface area contributed by atoms with E-state index in [9.17, 15) is 4.79 Å². The molecule has 1 amide bonds. The SMILES string of the molecule is COc1ccccc1Oc1ccc(NC(=O)c2cccc(C)c2I)cc1. The first-order valence-corrected chi connectivity index (χ1v) is 9.14. The molecule has 0 aliphatic heterocycles. The third kappa shape index (κ3) is 4.16. The van der Waals surface area contributed by atoms with Gasteiger partial charge in [0.2, 0.25) is 0 Å². The van der Waals surface area contributed by atoms with Crippen LogP contribution in [0, 0.1) is 10.5 Å². The number of rotatable bonds is 5. The molecule has 0 unspecified atom stereocenters. The smallest absolute Gasteiger partial charge is 0.256 e. The molecule has 132 valence electrons. The number of ether oxygens (including phenoxy) is 2. The van der Waals surface area contributed by atoms with Crippen molar-refractivity contribution in [3.63, 3.8) is 0 Å². The van der Waals surface area contributed by atoms with Gasteiger partial charge in [-0.3, -0.25) is 4.79 Å². The van der Waals surface area contributed by atoms with Gasteiger partial charge in [-0.05, 0) is 77.5 Å². The zero-order valence-corrected chi connectivity index (χ0v) is 16.6. The molecule has 0 aliphatic carbocycles. The van der Waals surface area contributed by atoms with E-state index < -0.39 is 0 Å². The number of para-hydroxylation sites is 2. The highest BCUT2D eigenvalue weighted by Gasteiger charge is 2.11. The van der Waals surface area contributed by atoms with Crippen molar-refractivity contribution in [1.29, 1.82) is 0 Å². The van der Waals surface area contributed by atoms with Crippen LogP contribution < -0.4 is 14.8 Å². The predicted octanol–water partition coefficient (Wildman–Crippen LogP) is 5.65. The molecule has 0 bridgehead atoms. The number of hydrogen-bond acceptors (Lipinski definition) is 3. The second kappa shape index (κ2) is 8.23. The van der Waals surface area contributed by atoms with Gasteiger partial charge in [0, 0.05) is 9.26 Å². The van der Waals surface area contributed by atoms with Gasteiger partial charge in [0.1, 0.15) is 5.75 Å². The zero-order chi connectivity index (χ0) is 18.5. The minimum absolute atomic E-state index is 0.128. The number of anilines is 1. The molecule has 26 heavy (non-hydrogen) atoms. The Labute approximate surface area is 166 Å². The average Bonchev–Trinajstić information content (AvgIpc) is 2.66. The highest BCUT2D eigenvalue weighted by atomic mass is 127. The summed E-state index contributed by atoms with van der Waals surface area (Å²) in [6.07, 6.45) is 0. The van der Waals surface area contributed by atoms with Crippen molar-refractivity contribution in [1.82, 2.24) is 0 Å². The van der Waals surface area contributed by atoms with Crippen molar-refractivity contribution >= 4 is 34.2 Å². The van der Waals surface area contributed by atoms with Crippen LogP contribution in [-0.2, 0) is 0 Å². The molecule has 0 aliphatic rings. The van der Waals surface area contributed by atoms with Gasteiger partial charge in [-0.15, -0.1) is 0 Å². The first-order valence-electron chi connectivity index (χ1n) is 8.06. The van der Waals surface area contributed by atoms with Gasteiger partial charge in [-0.2, -0.15) is 0 Å². The Morgan fingerprint density at radius 3 is 2.31 bits per heavy atom. The Bertz CT molecular complexity index is 923. The number of carbonyl (C=O) groups excluding carboxylic acids is 1. The summed E-state index contributed by atoms with van der Waals surface area (Å²) < 4.78 is 12.1. The molecule has 0 atom stereocenters. The van der Waals surface area contributed by atoms with Crippen molar-refractivity contribution in [3.05, 3.63) is 81.4 Å². The normalized spacial score (nSPS) is 10.3. The van der Waals surface area contributed by atoms with E-state index in [2.05, 4.69) is 27.9 Å². The van der Waals surface area contributed by atoms with Crippen LogP contribution in [0.25, 0.3) is 0 Å². The van der Waals surface area contributed by atoms with Crippen LogP contribution in [-0.4, -0.2) is 13.0 Å². The number of nitrogens with one attached hydrogen (secondary N) is 1. The lowest BCUT2D eigenvalue weighted by atomic mass is 10.1. The summed E-state index contributed by atoms with van der Waals surface area (Å²) in [4.78, 5) is 12.5. The Balaban J connectivity index is 1.71. The van der Waals surface area contributed by atoms with Crippen LogP contribution in [0.15, 0.2) is 66.7 Å². The topological polar surface area (TPSA) is 47.6 Å². The second-order valence-corrected chi connectivity index (χ2v) is 6.75. The van der Waals surface area contributed by atoms with Gasteiger partial charge in [-0.1, -0.05) is 24.3 Å². The minimum Gasteiger partial charge on any atom is -0.493 e. The molecule has 0 saturated carbocycles. The molecular weight excluding hydrogens is 441 g/mol. The molecule has 4 nitrogen and oxygen atoms in total. The fourth-order valence-electron chi connectivity index (χ4n) is 2.46. The molecule has 3 aromatic rings. The summed E-state index contributed by atoms with van der Waals surface area (Å²) in [5.74, 6) is 1.84. The van der Waals surface area contributed by atoms with E-state index in [1.54, 1.807) is 7.11 Å². The first-order chi connectivity index (χ1) is 12.6. The van der Waals surface area contributed by atoms with E-state index in [0.29, 0.717) is 28.5 Å². The number of benzene rings is 3. The van der Waals surface area contributed by atoms with Crippen LogP contribution in [0.3, 0.4) is 0 Å². The van der Waals surface area contributed by atoms with Crippen molar-refractivity contribution in [2.75, 3.05) is 12.4 Å². The van der Waals surface area contributed by atoms with Crippen molar-refractivity contribution < 1.29 is 14.3 Å². The number of amides is 1. The van der Waals surface area contributed by atoms with Crippen molar-refractivity contribution in [3.8, 4) is 17.2 Å². The van der Waals surface area contributed by atoms with E-state index in [4.69, 9.17) is 9.47 Å². The molecule has 0 spiro atoms. The number of halogens is 1. The summed E-state index contributed by atoms with van der Waals surface area (Å²) in [7, 11) is 1.60. The predicted molar refractivity (Wildman–Crippen MR) is 111 cm³/mol. The second-order valence-electron chi connectivity index (χ2n) is 5.67. The molecule has 1 N–H and O–H groups in total. The summed E-state index contributed by atoms with van der Waals surface area (Å²) in [5.41, 5.74) is 2.46. The quantitative estimate of drug-likeness (QED) is 0.502. The Morgan fingerprint density at radius 1 is 0.923 bits per heavy atom. The molecule has 0 radical (unpaired) electrons. The molecule has 0 fully saturated rings. The summed E-state index contributed by atoms with van der Waals surface area (Å²) in [6, 6.07) is 20.4. The Hall–Kier alpha value is -2.54. The Morgan fingerprint density at radius 2 is 1.62 bits per heavy atom. The van der Waals surface area contributed by atoms with Crippen LogP contribution in [0.2, 0.25) is 0 Å². The maximum atomic E-state index is 12.5. The van der Waals surface area contributed by atoms with E-state index in [-0.39, 0.29) is 5.91 Å². The molecule has 3 rings (SSSR count). The first kappa shape index (κ1) is 18.3. The Kier molecular flexibility index (Phi) is 5.78. The number of hydrogen-bond donors (Lipinski definition) is 1. The third-order valence-corrected chi connectivity index (χ3v) is 5.28. The average molecular weight is 459 g/mol. The molecule has 5 heteroatoms. The maximum absolute atomic E-state index is 12.5. The fraction of sp³-hybridized carbons (Fsp3) is 0.0952. The van der Waals surface area contributed by atoms with Gasteiger partial charge in [-0.25, -0.2) is 0 Å². The molecule has 0 aromatic heterocycles. The third-order valence-electron chi connectivity index (χ3n) is 3.85. The maximum Gasteiger partial charge on any atom is 0.256 e. The van der Waals surface area contributed by atoms with Gasteiger partial charge in [0.15, 0.2) is 11.5 Å². The lowest BCUT2D eigenvalue weighted by molar-refractivity contribution is 0.102. The van der Waals surface area contributed by atoms with Gasteiger partial charge in [0.25, 0.3) is 5.91 Å². The summed E-state index contributed by atoms with van der Waals surface area (Å²) in [5, 5.41) is 2.92. The highest BCUT2D eigenvalue weighted by molar-refractivity contribution is 14.1. The monoisotopic (exact) mass is 459 g/mol. The summed E-state index contributed by atoms with van der Waals surface area (Å²) in [6.45, 7) is 1.99. The molecule has 0 saturated heterocycles. The lowest BCUT2D eigenvalue weighted by Crippen LogP contribution is -2.13. The van der Waals surface area contributed by atoms with Crippen molar-refractivity contribution in [2.24, 2.45) is 0 Å². The molecule has 0 heterocycles. The van der Waals surface area contributed by atoms with E-state index >= 15 is 0 Å². The van der Waals surface area contributed by atoms with E-state index in [0.717, 1.165) is 9.13 Å². The fourth-order valence-corrected chi connectivity index (χ4v) is 3.06. The number of carbonyl (C=O) groups is 1. The van der Waals surface area contributed by atoms with E-state index in [1.165, 1.54) is 0 Å². The van der Waals surface area contributed by atoms with Gasteiger partial charge >= 0.3 is 0 Å². The number of aryl methyl sites for hydroxylation is 1. The molecular formula is C21H18INO3. The van der Waals surface area contributed by atoms with Gasteiger partial charge < -0.3 is 14.8 Å². The van der Waals surface area contributed by atoms with Crippen LogP contribution in [0.4, 0.5) is 5.69 Å². The van der Waals surface area contributed by atoms with E-state index in [1.807, 2.05) is 73.7 Å². The number of methoxy groups -OCH3 is 1. The van der Waals surface area contributed by atoms with Crippen LogP contribution in [0.1, 0.15) is 15.9 Å². The van der Waals surface area contributed by atoms with Crippen molar-refractivity contribution in [2.45, 2.75) is 6.92 Å². The van der Waals surface area contributed by atoms with Crippen LogP contribution >= 0.6 is 22.6 Å². The largest absolute Gasteiger partial charge is 0.493 e.